The summed E-state index contributed by atoms with van der Waals surface area (Å²) in [5.41, 5.74) is 1.88. The second kappa shape index (κ2) is 10.4. The van der Waals surface area contributed by atoms with E-state index in [9.17, 15) is 9.18 Å². The summed E-state index contributed by atoms with van der Waals surface area (Å²) in [4.78, 5) is 12.4. The molecule has 0 saturated carbocycles. The maximum absolute atomic E-state index is 13.0. The number of nitrogens with zero attached hydrogens (tertiary/aromatic N) is 1. The van der Waals surface area contributed by atoms with Crippen LogP contribution in [0.25, 0.3) is 0 Å². The number of carbonyl (C=O) groups is 1. The molecule has 0 spiro atoms. The Morgan fingerprint density at radius 3 is 2.93 bits per heavy atom. The minimum atomic E-state index is -0.265. The van der Waals surface area contributed by atoms with E-state index < -0.39 is 0 Å². The number of piperidine rings is 1. The third-order valence-corrected chi connectivity index (χ3v) is 5.47. The summed E-state index contributed by atoms with van der Waals surface area (Å²) in [6, 6.07) is 8.29. The molecule has 0 unspecified atom stereocenters. The number of halogens is 1. The summed E-state index contributed by atoms with van der Waals surface area (Å²) >= 11 is 0. The van der Waals surface area contributed by atoms with Crippen LogP contribution >= 0.6 is 0 Å². The second-order valence-electron chi connectivity index (χ2n) is 7.71. The maximum Gasteiger partial charge on any atom is 0.220 e. The largest absolute Gasteiger partial charge is 0.361 e. The average molecular weight is 387 g/mol. The molecule has 1 amide bonds. The number of unbranched alkanes of at least 4 members (excludes halogenated alkanes) is 1. The van der Waals surface area contributed by atoms with Crippen LogP contribution in [0.5, 0.6) is 0 Å². The summed E-state index contributed by atoms with van der Waals surface area (Å²) < 4.78 is 18.4. The molecule has 0 aliphatic carbocycles. The van der Waals surface area contributed by atoms with E-state index in [0.717, 1.165) is 62.2 Å². The quantitative estimate of drug-likeness (QED) is 0.689. The maximum atomic E-state index is 13.0. The molecule has 0 bridgehead atoms. The number of aromatic nitrogens is 1. The molecule has 1 aromatic carbocycles. The first-order valence-corrected chi connectivity index (χ1v) is 10.3. The van der Waals surface area contributed by atoms with Crippen molar-refractivity contribution >= 4 is 5.91 Å². The Balaban J connectivity index is 1.50. The molecule has 1 aliphatic rings. The summed E-state index contributed by atoms with van der Waals surface area (Å²) in [6.45, 7) is 4.43. The predicted molar refractivity (Wildman–Crippen MR) is 106 cm³/mol. The molecule has 1 saturated heterocycles. The molecule has 2 heterocycles. The number of amides is 1. The van der Waals surface area contributed by atoms with Crippen molar-refractivity contribution in [1.29, 1.82) is 0 Å². The summed E-state index contributed by atoms with van der Waals surface area (Å²) in [7, 11) is 0. The number of benzene rings is 1. The fourth-order valence-corrected chi connectivity index (χ4v) is 3.79. The van der Waals surface area contributed by atoms with Crippen molar-refractivity contribution < 1.29 is 13.7 Å². The summed E-state index contributed by atoms with van der Waals surface area (Å²) in [6.07, 6.45) is 5.50. The van der Waals surface area contributed by atoms with Crippen LogP contribution < -0.4 is 10.6 Å². The topological polar surface area (TPSA) is 67.2 Å². The van der Waals surface area contributed by atoms with Crippen molar-refractivity contribution in [2.24, 2.45) is 11.8 Å². The van der Waals surface area contributed by atoms with Gasteiger partial charge in [0.05, 0.1) is 5.69 Å². The van der Waals surface area contributed by atoms with E-state index in [1.54, 1.807) is 12.1 Å². The van der Waals surface area contributed by atoms with Crippen molar-refractivity contribution in [3.05, 3.63) is 53.2 Å². The van der Waals surface area contributed by atoms with Gasteiger partial charge < -0.3 is 15.2 Å². The van der Waals surface area contributed by atoms with E-state index in [4.69, 9.17) is 4.52 Å². The third kappa shape index (κ3) is 6.16. The minimum absolute atomic E-state index is 0.0463. The molecule has 1 aromatic heterocycles. The summed E-state index contributed by atoms with van der Waals surface area (Å²) in [5, 5.41) is 10.6. The number of hydrogen-bond donors (Lipinski definition) is 2. The van der Waals surface area contributed by atoms with E-state index in [1.165, 1.54) is 12.1 Å². The molecule has 6 heteroatoms. The van der Waals surface area contributed by atoms with Crippen molar-refractivity contribution in [2.75, 3.05) is 13.1 Å². The van der Waals surface area contributed by atoms with Crippen molar-refractivity contribution in [3.8, 4) is 0 Å². The minimum Gasteiger partial charge on any atom is -0.361 e. The van der Waals surface area contributed by atoms with Crippen LogP contribution in [0.2, 0.25) is 0 Å². The van der Waals surface area contributed by atoms with Gasteiger partial charge in [0.25, 0.3) is 0 Å². The van der Waals surface area contributed by atoms with Crippen LogP contribution in [0.4, 0.5) is 4.39 Å². The highest BCUT2D eigenvalue weighted by atomic mass is 19.1. The Kier molecular flexibility index (Phi) is 7.60. The zero-order valence-corrected chi connectivity index (χ0v) is 16.5. The van der Waals surface area contributed by atoms with Gasteiger partial charge in [0.15, 0.2) is 0 Å². The van der Waals surface area contributed by atoms with Gasteiger partial charge in [-0.05, 0) is 61.9 Å². The molecule has 2 atom stereocenters. The Morgan fingerprint density at radius 2 is 2.14 bits per heavy atom. The number of nitrogens with one attached hydrogen (secondary N) is 2. The van der Waals surface area contributed by atoms with E-state index in [0.29, 0.717) is 24.8 Å². The van der Waals surface area contributed by atoms with Gasteiger partial charge in [0.2, 0.25) is 5.91 Å². The lowest BCUT2D eigenvalue weighted by atomic mass is 9.81. The number of hydrogen-bond acceptors (Lipinski definition) is 4. The van der Waals surface area contributed by atoms with Crippen LogP contribution in [0.15, 0.2) is 34.9 Å². The first kappa shape index (κ1) is 20.5. The molecule has 28 heavy (non-hydrogen) atoms. The van der Waals surface area contributed by atoms with Crippen LogP contribution in [-0.2, 0) is 24.2 Å². The molecular formula is C22H30FN3O2. The fraction of sp³-hybridized carbons (Fsp3) is 0.545. The third-order valence-electron chi connectivity index (χ3n) is 5.47. The van der Waals surface area contributed by atoms with E-state index >= 15 is 0 Å². The number of aryl methyl sites for hydroxylation is 1. The average Bonchev–Trinajstić information content (AvgIpc) is 3.15. The van der Waals surface area contributed by atoms with Crippen molar-refractivity contribution in [3.63, 3.8) is 0 Å². The molecule has 1 fully saturated rings. The van der Waals surface area contributed by atoms with E-state index in [2.05, 4.69) is 28.8 Å². The van der Waals surface area contributed by atoms with Crippen molar-refractivity contribution in [2.45, 2.75) is 52.0 Å². The molecule has 5 nitrogen and oxygen atoms in total. The SMILES string of the molecule is CCCCc1cc(C[C@H]2CNCC[C@H]2CC(=O)NCc2ccc(F)cc2)no1. The highest BCUT2D eigenvalue weighted by Crippen LogP contribution is 2.26. The highest BCUT2D eigenvalue weighted by Gasteiger charge is 2.28. The lowest BCUT2D eigenvalue weighted by Crippen LogP contribution is -2.40. The van der Waals surface area contributed by atoms with Gasteiger partial charge in [-0.1, -0.05) is 30.6 Å². The fourth-order valence-electron chi connectivity index (χ4n) is 3.79. The standard InChI is InChI=1S/C22H30FN3O2/c1-2-3-4-21-13-20(26-28-21)11-18-15-24-10-9-17(18)12-22(27)25-14-16-5-7-19(23)8-6-16/h5-8,13,17-18,24H,2-4,9-12,14-15H2,1H3,(H,25,27)/t17-,18-/m0/s1. The Morgan fingerprint density at radius 1 is 1.32 bits per heavy atom. The summed E-state index contributed by atoms with van der Waals surface area (Å²) in [5.74, 6) is 1.43. The van der Waals surface area contributed by atoms with E-state index in [1.807, 2.05) is 0 Å². The number of rotatable bonds is 9. The van der Waals surface area contributed by atoms with Gasteiger partial charge in [0, 0.05) is 25.5 Å². The lowest BCUT2D eigenvalue weighted by Gasteiger charge is -2.31. The van der Waals surface area contributed by atoms with Gasteiger partial charge in [0.1, 0.15) is 11.6 Å². The molecule has 2 aromatic rings. The van der Waals surface area contributed by atoms with E-state index in [-0.39, 0.29) is 11.7 Å². The van der Waals surface area contributed by atoms with Crippen LogP contribution in [0.1, 0.15) is 49.6 Å². The van der Waals surface area contributed by atoms with Crippen LogP contribution in [0.3, 0.4) is 0 Å². The van der Waals surface area contributed by atoms with Gasteiger partial charge in [-0.2, -0.15) is 0 Å². The molecule has 3 rings (SSSR count). The zero-order chi connectivity index (χ0) is 19.8. The Labute approximate surface area is 166 Å². The molecule has 152 valence electrons. The van der Waals surface area contributed by atoms with Gasteiger partial charge in [-0.25, -0.2) is 4.39 Å². The Hall–Kier alpha value is -2.21. The Bertz CT molecular complexity index is 744. The molecule has 1 aliphatic heterocycles. The van der Waals surface area contributed by atoms with Crippen LogP contribution in [-0.4, -0.2) is 24.2 Å². The monoisotopic (exact) mass is 387 g/mol. The first-order valence-electron chi connectivity index (χ1n) is 10.3. The second-order valence-corrected chi connectivity index (χ2v) is 7.71. The van der Waals surface area contributed by atoms with Gasteiger partial charge in [-0.15, -0.1) is 0 Å². The molecule has 0 radical (unpaired) electrons. The highest BCUT2D eigenvalue weighted by molar-refractivity contribution is 5.76. The number of carbonyl (C=O) groups excluding carboxylic acids is 1. The molecule has 2 N–H and O–H groups in total. The first-order chi connectivity index (χ1) is 13.6. The zero-order valence-electron chi connectivity index (χ0n) is 16.5. The molecular weight excluding hydrogens is 357 g/mol. The lowest BCUT2D eigenvalue weighted by molar-refractivity contribution is -0.122. The van der Waals surface area contributed by atoms with Crippen LogP contribution in [0, 0.1) is 17.7 Å². The van der Waals surface area contributed by atoms with Crippen molar-refractivity contribution in [1.82, 2.24) is 15.8 Å². The van der Waals surface area contributed by atoms with Gasteiger partial charge in [-0.3, -0.25) is 4.79 Å². The van der Waals surface area contributed by atoms with Gasteiger partial charge >= 0.3 is 0 Å². The smallest absolute Gasteiger partial charge is 0.220 e. The predicted octanol–water partition coefficient (Wildman–Crippen LogP) is 3.63. The normalized spacial score (nSPS) is 19.5.